The summed E-state index contributed by atoms with van der Waals surface area (Å²) in [5, 5.41) is 0. The van der Waals surface area contributed by atoms with Gasteiger partial charge in [0.05, 0.1) is 13.2 Å². The number of methoxy groups -OCH3 is 1. The van der Waals surface area contributed by atoms with Crippen LogP contribution in [0, 0.1) is 0 Å². The zero-order valence-electron chi connectivity index (χ0n) is 12.4. The molecule has 2 rings (SSSR count). The first-order valence-corrected chi connectivity index (χ1v) is 6.77. The minimum absolute atomic E-state index is 0.0326. The summed E-state index contributed by atoms with van der Waals surface area (Å²) >= 11 is 0. The molecule has 0 saturated heterocycles. The molecule has 0 amide bonds. The molecule has 0 heterocycles. The van der Waals surface area contributed by atoms with Crippen molar-refractivity contribution in [1.29, 1.82) is 0 Å². The largest absolute Gasteiger partial charge is 0.493 e. The summed E-state index contributed by atoms with van der Waals surface area (Å²) < 4.78 is 10.9. The molecule has 110 valence electrons. The second-order valence-electron chi connectivity index (χ2n) is 4.95. The van der Waals surface area contributed by atoms with Crippen LogP contribution < -0.4 is 15.2 Å². The van der Waals surface area contributed by atoms with Gasteiger partial charge in [-0.3, -0.25) is 4.79 Å². The third kappa shape index (κ3) is 3.34. The van der Waals surface area contributed by atoms with Gasteiger partial charge in [-0.05, 0) is 44.2 Å². The molecule has 0 aromatic heterocycles. The summed E-state index contributed by atoms with van der Waals surface area (Å²) in [6.07, 6.45) is 0.0326. The van der Waals surface area contributed by atoms with Crippen LogP contribution >= 0.6 is 0 Å². The quantitative estimate of drug-likeness (QED) is 0.676. The highest BCUT2D eigenvalue weighted by atomic mass is 16.5. The predicted molar refractivity (Wildman–Crippen MR) is 83.0 cm³/mol. The molecule has 0 fully saturated rings. The predicted octanol–water partition coefficient (Wildman–Crippen LogP) is 3.30. The van der Waals surface area contributed by atoms with Crippen LogP contribution in [-0.4, -0.2) is 19.0 Å². The summed E-state index contributed by atoms with van der Waals surface area (Å²) in [7, 11) is 1.55. The van der Waals surface area contributed by atoms with Crippen molar-refractivity contribution in [1.82, 2.24) is 0 Å². The van der Waals surface area contributed by atoms with E-state index in [2.05, 4.69) is 0 Å². The lowest BCUT2D eigenvalue weighted by molar-refractivity contribution is 0.103. The number of para-hydroxylation sites is 1. The van der Waals surface area contributed by atoms with E-state index in [1.807, 2.05) is 13.8 Å². The maximum absolute atomic E-state index is 12.5. The van der Waals surface area contributed by atoms with Crippen LogP contribution in [0.1, 0.15) is 29.8 Å². The summed E-state index contributed by atoms with van der Waals surface area (Å²) in [6, 6.07) is 12.1. The van der Waals surface area contributed by atoms with Crippen molar-refractivity contribution >= 4 is 11.5 Å². The molecular weight excluding hydrogens is 266 g/mol. The molecule has 21 heavy (non-hydrogen) atoms. The molecule has 0 bridgehead atoms. The van der Waals surface area contributed by atoms with Crippen LogP contribution in [0.5, 0.6) is 11.5 Å². The van der Waals surface area contributed by atoms with Crippen LogP contribution in [0.3, 0.4) is 0 Å². The molecule has 0 unspecified atom stereocenters. The SMILES string of the molecule is COc1cc(C(=O)c2ccccc2N)ccc1OC(C)C. The Morgan fingerprint density at radius 1 is 1.10 bits per heavy atom. The van der Waals surface area contributed by atoms with E-state index in [0.29, 0.717) is 28.3 Å². The summed E-state index contributed by atoms with van der Waals surface area (Å²) in [6.45, 7) is 3.87. The number of hydrogen-bond acceptors (Lipinski definition) is 4. The first-order chi connectivity index (χ1) is 10.0. The van der Waals surface area contributed by atoms with Gasteiger partial charge in [-0.2, -0.15) is 0 Å². The first-order valence-electron chi connectivity index (χ1n) is 6.77. The molecule has 2 N–H and O–H groups in total. The molecule has 0 aliphatic heterocycles. The molecule has 2 aromatic carbocycles. The Labute approximate surface area is 124 Å². The van der Waals surface area contributed by atoms with E-state index in [-0.39, 0.29) is 11.9 Å². The molecular formula is C17H19NO3. The summed E-state index contributed by atoms with van der Waals surface area (Å²) in [4.78, 5) is 12.5. The average molecular weight is 285 g/mol. The van der Waals surface area contributed by atoms with Crippen molar-refractivity contribution in [2.45, 2.75) is 20.0 Å². The van der Waals surface area contributed by atoms with Crippen molar-refractivity contribution in [3.8, 4) is 11.5 Å². The second kappa shape index (κ2) is 6.31. The van der Waals surface area contributed by atoms with Gasteiger partial charge in [-0.25, -0.2) is 0 Å². The highest BCUT2D eigenvalue weighted by Gasteiger charge is 2.15. The fourth-order valence-corrected chi connectivity index (χ4v) is 2.02. The highest BCUT2D eigenvalue weighted by molar-refractivity contribution is 6.12. The van der Waals surface area contributed by atoms with E-state index in [1.165, 1.54) is 0 Å². The van der Waals surface area contributed by atoms with Crippen LogP contribution in [0.4, 0.5) is 5.69 Å². The smallest absolute Gasteiger partial charge is 0.195 e. The Morgan fingerprint density at radius 3 is 2.43 bits per heavy atom. The van der Waals surface area contributed by atoms with Crippen molar-refractivity contribution < 1.29 is 14.3 Å². The number of anilines is 1. The Hall–Kier alpha value is -2.49. The molecule has 0 radical (unpaired) electrons. The fourth-order valence-electron chi connectivity index (χ4n) is 2.02. The number of hydrogen-bond donors (Lipinski definition) is 1. The molecule has 0 atom stereocenters. The lowest BCUT2D eigenvalue weighted by Crippen LogP contribution is -2.08. The van der Waals surface area contributed by atoms with E-state index in [9.17, 15) is 4.79 Å². The van der Waals surface area contributed by atoms with Crippen LogP contribution in [0.15, 0.2) is 42.5 Å². The Balaban J connectivity index is 2.37. The zero-order valence-corrected chi connectivity index (χ0v) is 12.4. The van der Waals surface area contributed by atoms with Crippen LogP contribution in [0.25, 0.3) is 0 Å². The second-order valence-corrected chi connectivity index (χ2v) is 4.95. The van der Waals surface area contributed by atoms with E-state index in [1.54, 1.807) is 49.6 Å². The first kappa shape index (κ1) is 14.9. The van der Waals surface area contributed by atoms with Crippen LogP contribution in [0.2, 0.25) is 0 Å². The van der Waals surface area contributed by atoms with Gasteiger partial charge < -0.3 is 15.2 Å². The number of carbonyl (C=O) groups excluding carboxylic acids is 1. The molecule has 2 aromatic rings. The minimum Gasteiger partial charge on any atom is -0.493 e. The molecule has 0 saturated carbocycles. The standard InChI is InChI=1S/C17H19NO3/c1-11(2)21-15-9-8-12(10-16(15)20-3)17(19)13-6-4-5-7-14(13)18/h4-11H,18H2,1-3H3. The normalized spacial score (nSPS) is 10.5. The molecule has 0 spiro atoms. The lowest BCUT2D eigenvalue weighted by atomic mass is 10.0. The maximum atomic E-state index is 12.5. The monoisotopic (exact) mass is 285 g/mol. The number of benzene rings is 2. The Bertz CT molecular complexity index is 650. The maximum Gasteiger partial charge on any atom is 0.195 e. The minimum atomic E-state index is -0.137. The van der Waals surface area contributed by atoms with Gasteiger partial charge >= 0.3 is 0 Å². The Kier molecular flexibility index (Phi) is 4.48. The summed E-state index contributed by atoms with van der Waals surface area (Å²) in [5.74, 6) is 1.01. The number of nitrogen functional groups attached to an aromatic ring is 1. The van der Waals surface area contributed by atoms with Gasteiger partial charge in [-0.15, -0.1) is 0 Å². The third-order valence-electron chi connectivity index (χ3n) is 2.99. The molecule has 0 aliphatic carbocycles. The van der Waals surface area contributed by atoms with Crippen molar-refractivity contribution in [2.24, 2.45) is 0 Å². The Morgan fingerprint density at radius 2 is 1.81 bits per heavy atom. The van der Waals surface area contributed by atoms with Gasteiger partial charge in [0.25, 0.3) is 0 Å². The number of ether oxygens (including phenoxy) is 2. The number of rotatable bonds is 5. The highest BCUT2D eigenvalue weighted by Crippen LogP contribution is 2.30. The summed E-state index contributed by atoms with van der Waals surface area (Å²) in [5.41, 5.74) is 7.31. The topological polar surface area (TPSA) is 61.5 Å². The van der Waals surface area contributed by atoms with Gasteiger partial charge in [0.2, 0.25) is 0 Å². The van der Waals surface area contributed by atoms with Crippen molar-refractivity contribution in [3.05, 3.63) is 53.6 Å². The van der Waals surface area contributed by atoms with E-state index in [0.717, 1.165) is 0 Å². The van der Waals surface area contributed by atoms with E-state index < -0.39 is 0 Å². The molecule has 0 aliphatic rings. The number of ketones is 1. The van der Waals surface area contributed by atoms with Gasteiger partial charge in [0.15, 0.2) is 17.3 Å². The fraction of sp³-hybridized carbons (Fsp3) is 0.235. The van der Waals surface area contributed by atoms with Gasteiger partial charge in [0.1, 0.15) is 0 Å². The van der Waals surface area contributed by atoms with Crippen molar-refractivity contribution in [3.63, 3.8) is 0 Å². The lowest BCUT2D eigenvalue weighted by Gasteiger charge is -2.14. The van der Waals surface area contributed by atoms with E-state index in [4.69, 9.17) is 15.2 Å². The third-order valence-corrected chi connectivity index (χ3v) is 2.99. The van der Waals surface area contributed by atoms with E-state index >= 15 is 0 Å². The zero-order chi connectivity index (χ0) is 15.4. The molecule has 4 heteroatoms. The van der Waals surface area contributed by atoms with Crippen molar-refractivity contribution in [2.75, 3.05) is 12.8 Å². The van der Waals surface area contributed by atoms with Crippen LogP contribution in [-0.2, 0) is 0 Å². The van der Waals surface area contributed by atoms with Gasteiger partial charge in [0, 0.05) is 16.8 Å². The number of carbonyl (C=O) groups is 1. The average Bonchev–Trinajstić information content (AvgIpc) is 2.47. The number of nitrogens with two attached hydrogens (primary N) is 1. The molecule has 4 nitrogen and oxygen atoms in total. The van der Waals surface area contributed by atoms with Gasteiger partial charge in [-0.1, -0.05) is 12.1 Å².